The third-order valence-electron chi connectivity index (χ3n) is 4.33. The number of carbonyl (C=O) groups excluding carboxylic acids is 1. The predicted molar refractivity (Wildman–Crippen MR) is 90.2 cm³/mol. The Morgan fingerprint density at radius 1 is 1.29 bits per heavy atom. The molecule has 0 saturated carbocycles. The summed E-state index contributed by atoms with van der Waals surface area (Å²) < 4.78 is 25.6. The average Bonchev–Trinajstić information content (AvgIpc) is 2.55. The maximum atomic E-state index is 12.8. The molecule has 1 unspecified atom stereocenters. The summed E-state index contributed by atoms with van der Waals surface area (Å²) in [5.74, 6) is 0. The predicted octanol–water partition coefficient (Wildman–Crippen LogP) is 1.71. The van der Waals surface area contributed by atoms with Crippen LogP contribution in [0.4, 0.5) is 13.6 Å². The molecule has 1 fully saturated rings. The van der Waals surface area contributed by atoms with Crippen molar-refractivity contribution in [3.05, 3.63) is 35.9 Å². The Balaban J connectivity index is 1.92. The molecular formula is C17H26F2N4O. The van der Waals surface area contributed by atoms with Crippen LogP contribution in [0.5, 0.6) is 0 Å². The smallest absolute Gasteiger partial charge is 0.317 e. The van der Waals surface area contributed by atoms with Crippen molar-refractivity contribution in [1.29, 1.82) is 0 Å². The van der Waals surface area contributed by atoms with E-state index < -0.39 is 19.0 Å². The van der Waals surface area contributed by atoms with E-state index in [1.807, 2.05) is 44.4 Å². The summed E-state index contributed by atoms with van der Waals surface area (Å²) in [7, 11) is 4.06. The molecule has 1 saturated heterocycles. The highest BCUT2D eigenvalue weighted by Gasteiger charge is 2.24. The van der Waals surface area contributed by atoms with Crippen LogP contribution in [0.15, 0.2) is 30.3 Å². The van der Waals surface area contributed by atoms with Gasteiger partial charge in [-0.05, 0) is 19.7 Å². The first-order chi connectivity index (χ1) is 11.5. The zero-order chi connectivity index (χ0) is 17.5. The Morgan fingerprint density at radius 3 is 2.67 bits per heavy atom. The van der Waals surface area contributed by atoms with Crippen LogP contribution in [0.1, 0.15) is 5.56 Å². The van der Waals surface area contributed by atoms with E-state index in [4.69, 9.17) is 0 Å². The lowest BCUT2D eigenvalue weighted by Gasteiger charge is -2.38. The Hall–Kier alpha value is -1.73. The number of urea groups is 1. The topological polar surface area (TPSA) is 38.8 Å². The molecule has 0 radical (unpaired) electrons. The van der Waals surface area contributed by atoms with Crippen LogP contribution in [-0.4, -0.2) is 80.0 Å². The normalized spacial score (nSPS) is 19.5. The van der Waals surface area contributed by atoms with Crippen molar-refractivity contribution in [3.63, 3.8) is 0 Å². The molecule has 5 nitrogen and oxygen atoms in total. The molecule has 1 N–H and O–H groups in total. The van der Waals surface area contributed by atoms with Crippen molar-refractivity contribution in [1.82, 2.24) is 20.0 Å². The van der Waals surface area contributed by atoms with Crippen molar-refractivity contribution < 1.29 is 13.6 Å². The van der Waals surface area contributed by atoms with Gasteiger partial charge in [0.15, 0.2) is 0 Å². The van der Waals surface area contributed by atoms with E-state index in [1.165, 1.54) is 4.90 Å². The van der Waals surface area contributed by atoms with E-state index in [0.717, 1.165) is 25.2 Å². The maximum Gasteiger partial charge on any atom is 0.317 e. The van der Waals surface area contributed by atoms with E-state index in [0.29, 0.717) is 6.54 Å². The first-order valence-corrected chi connectivity index (χ1v) is 8.19. The molecule has 0 aliphatic carbocycles. The molecule has 1 heterocycles. The highest BCUT2D eigenvalue weighted by molar-refractivity contribution is 5.74. The molecule has 1 atom stereocenters. The molecule has 1 aromatic rings. The number of carbonyl (C=O) groups is 1. The van der Waals surface area contributed by atoms with Crippen molar-refractivity contribution in [2.24, 2.45) is 0 Å². The lowest BCUT2D eigenvalue weighted by atomic mass is 10.2. The highest BCUT2D eigenvalue weighted by Crippen LogP contribution is 2.09. The fraction of sp³-hybridized carbons (Fsp3) is 0.588. The summed E-state index contributed by atoms with van der Waals surface area (Å²) in [4.78, 5) is 17.9. The van der Waals surface area contributed by atoms with Crippen molar-refractivity contribution >= 4 is 6.03 Å². The molecule has 0 spiro atoms. The standard InChI is InChI=1S/C17H26F2N4O/c1-21-8-9-22(2)15(12-21)10-20-17(24)23(13-16(18)19)11-14-6-4-3-5-7-14/h3-7,15-16H,8-13H2,1-2H3,(H,20,24). The average molecular weight is 340 g/mol. The maximum absolute atomic E-state index is 12.8. The van der Waals surface area contributed by atoms with Gasteiger partial charge in [-0.2, -0.15) is 0 Å². The van der Waals surface area contributed by atoms with Crippen LogP contribution < -0.4 is 5.32 Å². The Bertz CT molecular complexity index is 515. The number of hydrogen-bond acceptors (Lipinski definition) is 3. The molecule has 2 rings (SSSR count). The monoisotopic (exact) mass is 340 g/mol. The Kier molecular flexibility index (Phi) is 6.93. The van der Waals surface area contributed by atoms with Gasteiger partial charge in [0.1, 0.15) is 0 Å². The van der Waals surface area contributed by atoms with Gasteiger partial charge in [0, 0.05) is 38.8 Å². The quantitative estimate of drug-likeness (QED) is 0.857. The molecule has 24 heavy (non-hydrogen) atoms. The van der Waals surface area contributed by atoms with E-state index in [-0.39, 0.29) is 12.6 Å². The largest absolute Gasteiger partial charge is 0.336 e. The van der Waals surface area contributed by atoms with Crippen molar-refractivity contribution in [3.8, 4) is 0 Å². The molecule has 1 aromatic carbocycles. The number of alkyl halides is 2. The van der Waals surface area contributed by atoms with Crippen LogP contribution in [-0.2, 0) is 6.54 Å². The van der Waals surface area contributed by atoms with Gasteiger partial charge in [-0.15, -0.1) is 0 Å². The molecule has 1 aliphatic rings. The molecule has 2 amide bonds. The zero-order valence-corrected chi connectivity index (χ0v) is 14.3. The van der Waals surface area contributed by atoms with Crippen LogP contribution in [0.25, 0.3) is 0 Å². The van der Waals surface area contributed by atoms with Gasteiger partial charge in [-0.3, -0.25) is 4.90 Å². The molecule has 0 bridgehead atoms. The van der Waals surface area contributed by atoms with E-state index >= 15 is 0 Å². The van der Waals surface area contributed by atoms with Crippen LogP contribution in [0.2, 0.25) is 0 Å². The van der Waals surface area contributed by atoms with Crippen LogP contribution >= 0.6 is 0 Å². The lowest BCUT2D eigenvalue weighted by molar-refractivity contribution is 0.0907. The number of hydrogen-bond donors (Lipinski definition) is 1. The summed E-state index contributed by atoms with van der Waals surface area (Å²) >= 11 is 0. The number of likely N-dealkylation sites (N-methyl/N-ethyl adjacent to an activating group) is 2. The molecule has 134 valence electrons. The number of piperazine rings is 1. The van der Waals surface area contributed by atoms with Gasteiger partial charge in [0.2, 0.25) is 0 Å². The number of amides is 2. The summed E-state index contributed by atoms with van der Waals surface area (Å²) in [5, 5.41) is 2.81. The molecule has 0 aromatic heterocycles. The van der Waals surface area contributed by atoms with Gasteiger partial charge in [0.05, 0.1) is 6.54 Å². The minimum atomic E-state index is -2.55. The SMILES string of the molecule is CN1CCN(C)C(CNC(=O)N(Cc2ccccc2)CC(F)F)C1. The number of halogens is 2. The van der Waals surface area contributed by atoms with Gasteiger partial charge >= 0.3 is 6.03 Å². The fourth-order valence-corrected chi connectivity index (χ4v) is 2.83. The van der Waals surface area contributed by atoms with Crippen molar-refractivity contribution in [2.75, 3.05) is 46.8 Å². The Morgan fingerprint density at radius 2 is 2.00 bits per heavy atom. The fourth-order valence-electron chi connectivity index (χ4n) is 2.83. The number of nitrogens with zero attached hydrogens (tertiary/aromatic N) is 3. The first kappa shape index (κ1) is 18.6. The third-order valence-corrected chi connectivity index (χ3v) is 4.33. The second-order valence-electron chi connectivity index (χ2n) is 6.34. The zero-order valence-electron chi connectivity index (χ0n) is 14.3. The van der Waals surface area contributed by atoms with E-state index in [2.05, 4.69) is 15.1 Å². The van der Waals surface area contributed by atoms with E-state index in [1.54, 1.807) is 0 Å². The van der Waals surface area contributed by atoms with Gasteiger partial charge in [-0.1, -0.05) is 30.3 Å². The summed E-state index contributed by atoms with van der Waals surface area (Å²) in [6, 6.07) is 8.93. The molecule has 1 aliphatic heterocycles. The minimum absolute atomic E-state index is 0.178. The van der Waals surface area contributed by atoms with Crippen LogP contribution in [0.3, 0.4) is 0 Å². The first-order valence-electron chi connectivity index (χ1n) is 8.19. The van der Waals surface area contributed by atoms with Crippen LogP contribution in [0, 0.1) is 0 Å². The second-order valence-corrected chi connectivity index (χ2v) is 6.34. The lowest BCUT2D eigenvalue weighted by Crippen LogP contribution is -2.55. The minimum Gasteiger partial charge on any atom is -0.336 e. The second kappa shape index (κ2) is 8.94. The summed E-state index contributed by atoms with van der Waals surface area (Å²) in [6.45, 7) is 2.84. The molecule has 7 heteroatoms. The third kappa shape index (κ3) is 5.72. The van der Waals surface area contributed by atoms with E-state index in [9.17, 15) is 13.6 Å². The number of nitrogens with one attached hydrogen (secondary N) is 1. The summed E-state index contributed by atoms with van der Waals surface area (Å²) in [6.07, 6.45) is -2.55. The van der Waals surface area contributed by atoms with Gasteiger partial charge in [-0.25, -0.2) is 13.6 Å². The van der Waals surface area contributed by atoms with Gasteiger partial charge < -0.3 is 15.1 Å². The Labute approximate surface area is 142 Å². The number of rotatable bonds is 6. The summed E-state index contributed by atoms with van der Waals surface area (Å²) in [5.41, 5.74) is 0.836. The van der Waals surface area contributed by atoms with Crippen molar-refractivity contribution in [2.45, 2.75) is 19.0 Å². The highest BCUT2D eigenvalue weighted by atomic mass is 19.3. The molecular weight excluding hydrogens is 314 g/mol. The van der Waals surface area contributed by atoms with Gasteiger partial charge in [0.25, 0.3) is 6.43 Å². The number of benzene rings is 1.